The zero-order valence-electron chi connectivity index (χ0n) is 22.7. The Morgan fingerprint density at radius 3 is 1.66 bits per heavy atom. The van der Waals surface area contributed by atoms with E-state index in [4.69, 9.17) is 10.2 Å². The summed E-state index contributed by atoms with van der Waals surface area (Å²) < 4.78 is 0. The molecule has 4 amide bonds. The summed E-state index contributed by atoms with van der Waals surface area (Å²) in [5, 5.41) is 46.4. The zero-order chi connectivity index (χ0) is 31.1. The molecular formula is C26H36N4O11. The maximum absolute atomic E-state index is 13.2. The van der Waals surface area contributed by atoms with E-state index in [1.807, 2.05) is 0 Å². The van der Waals surface area contributed by atoms with Crippen molar-refractivity contribution in [3.8, 4) is 5.75 Å². The molecular weight excluding hydrogens is 544 g/mol. The van der Waals surface area contributed by atoms with Crippen LogP contribution in [0.5, 0.6) is 5.75 Å². The lowest BCUT2D eigenvalue weighted by atomic mass is 9.98. The molecule has 0 saturated heterocycles. The van der Waals surface area contributed by atoms with E-state index < -0.39 is 91.4 Å². The lowest BCUT2D eigenvalue weighted by Crippen LogP contribution is -2.58. The van der Waals surface area contributed by atoms with Crippen molar-refractivity contribution in [2.45, 2.75) is 76.5 Å². The van der Waals surface area contributed by atoms with Gasteiger partial charge in [-0.2, -0.15) is 0 Å². The van der Waals surface area contributed by atoms with Crippen LogP contribution in [-0.2, 0) is 40.0 Å². The molecule has 0 aliphatic heterocycles. The molecule has 15 nitrogen and oxygen atoms in total. The van der Waals surface area contributed by atoms with E-state index in [0.29, 0.717) is 12.0 Å². The molecule has 0 spiro atoms. The van der Waals surface area contributed by atoms with Crippen molar-refractivity contribution < 1.29 is 54.0 Å². The zero-order valence-corrected chi connectivity index (χ0v) is 22.7. The summed E-state index contributed by atoms with van der Waals surface area (Å²) in [6.07, 6.45) is -1.36. The number of phenolic OH excluding ortho intramolecular Hbond substituents is 1. The second-order valence-electron chi connectivity index (χ2n) is 9.40. The van der Waals surface area contributed by atoms with Crippen LogP contribution in [0.3, 0.4) is 0 Å². The summed E-state index contributed by atoms with van der Waals surface area (Å²) in [6, 6.07) is 0.191. The molecule has 1 aromatic carbocycles. The van der Waals surface area contributed by atoms with Crippen molar-refractivity contribution in [1.82, 2.24) is 21.3 Å². The molecule has 8 N–H and O–H groups in total. The van der Waals surface area contributed by atoms with Crippen molar-refractivity contribution in [1.29, 1.82) is 0 Å². The maximum Gasteiger partial charge on any atom is 0.326 e. The summed E-state index contributed by atoms with van der Waals surface area (Å²) >= 11 is 0. The molecule has 0 aromatic heterocycles. The predicted octanol–water partition coefficient (Wildman–Crippen LogP) is -0.636. The van der Waals surface area contributed by atoms with Gasteiger partial charge in [0, 0.05) is 19.3 Å². The topological polar surface area (TPSA) is 249 Å². The quantitative estimate of drug-likeness (QED) is 0.0956. The molecule has 1 aromatic rings. The lowest BCUT2D eigenvalue weighted by molar-refractivity contribution is -0.144. The van der Waals surface area contributed by atoms with Gasteiger partial charge in [0.15, 0.2) is 0 Å². The third-order valence-electron chi connectivity index (χ3n) is 6.30. The molecule has 0 aliphatic rings. The standard InChI is InChI=1S/C26H36N4O11/c1-3-14(2)22(26(40)41)30-24(38)18(9-11-21(35)36)28-23(37)17(8-10-20(33)34)29-25(39)19(27-13-31)12-15-4-6-16(32)7-5-15/h4-7,13-14,17-19,22,32H,3,8-12H2,1-2H3,(H,27,31)(H,28,37)(H,29,39)(H,30,38)(H,33,34)(H,35,36)(H,40,41)/t14-,17-,18-,19-,22-/m0/s1. The summed E-state index contributed by atoms with van der Waals surface area (Å²) in [6.45, 7) is 3.30. The fourth-order valence-corrected chi connectivity index (χ4v) is 3.73. The van der Waals surface area contributed by atoms with Crippen molar-refractivity contribution >= 4 is 42.0 Å². The average Bonchev–Trinajstić information content (AvgIpc) is 2.91. The van der Waals surface area contributed by atoms with Gasteiger partial charge in [0.2, 0.25) is 24.1 Å². The minimum Gasteiger partial charge on any atom is -0.508 e. The smallest absolute Gasteiger partial charge is 0.326 e. The fourth-order valence-electron chi connectivity index (χ4n) is 3.73. The minimum absolute atomic E-state index is 0.0242. The largest absolute Gasteiger partial charge is 0.508 e. The van der Waals surface area contributed by atoms with E-state index in [0.717, 1.165) is 0 Å². The Hall–Kier alpha value is -4.69. The number of aromatic hydroxyl groups is 1. The Bertz CT molecular complexity index is 1090. The predicted molar refractivity (Wildman–Crippen MR) is 141 cm³/mol. The molecule has 1 rings (SSSR count). The van der Waals surface area contributed by atoms with Crippen molar-refractivity contribution in [3.05, 3.63) is 29.8 Å². The van der Waals surface area contributed by atoms with E-state index in [2.05, 4.69) is 21.3 Å². The Morgan fingerprint density at radius 2 is 1.24 bits per heavy atom. The highest BCUT2D eigenvalue weighted by Gasteiger charge is 2.32. The first-order valence-electron chi connectivity index (χ1n) is 12.8. The van der Waals surface area contributed by atoms with Crippen molar-refractivity contribution in [3.63, 3.8) is 0 Å². The van der Waals surface area contributed by atoms with Crippen LogP contribution in [0.15, 0.2) is 24.3 Å². The van der Waals surface area contributed by atoms with Gasteiger partial charge in [-0.1, -0.05) is 32.4 Å². The van der Waals surface area contributed by atoms with Crippen molar-refractivity contribution in [2.75, 3.05) is 0 Å². The number of carboxylic acid groups (broad SMARTS) is 3. The Kier molecular flexibility index (Phi) is 14.3. The number of carboxylic acids is 3. The Morgan fingerprint density at radius 1 is 0.780 bits per heavy atom. The van der Waals surface area contributed by atoms with Gasteiger partial charge in [-0.05, 0) is 36.5 Å². The Labute approximate surface area is 235 Å². The molecule has 41 heavy (non-hydrogen) atoms. The first-order chi connectivity index (χ1) is 19.3. The first-order valence-corrected chi connectivity index (χ1v) is 12.8. The van der Waals surface area contributed by atoms with Gasteiger partial charge in [-0.3, -0.25) is 28.8 Å². The van der Waals surface area contributed by atoms with Gasteiger partial charge in [0.1, 0.15) is 29.9 Å². The number of carbonyl (C=O) groups is 7. The van der Waals surface area contributed by atoms with E-state index >= 15 is 0 Å². The Balaban J connectivity index is 3.16. The summed E-state index contributed by atoms with van der Waals surface area (Å²) in [7, 11) is 0. The number of nitrogens with one attached hydrogen (secondary N) is 4. The molecule has 0 bridgehead atoms. The molecule has 0 heterocycles. The van der Waals surface area contributed by atoms with Gasteiger partial charge < -0.3 is 41.7 Å². The number of aliphatic carboxylic acids is 3. The summed E-state index contributed by atoms with van der Waals surface area (Å²) in [5.41, 5.74) is 0.545. The molecule has 5 atom stereocenters. The normalized spacial score (nSPS) is 14.3. The number of rotatable bonds is 19. The first kappa shape index (κ1) is 34.3. The molecule has 0 radical (unpaired) electrons. The van der Waals surface area contributed by atoms with Gasteiger partial charge in [-0.25, -0.2) is 4.79 Å². The molecule has 0 fully saturated rings. The number of hydrogen-bond donors (Lipinski definition) is 8. The fraction of sp³-hybridized carbons (Fsp3) is 0.500. The second kappa shape index (κ2) is 17.1. The maximum atomic E-state index is 13.2. The summed E-state index contributed by atoms with van der Waals surface area (Å²) in [4.78, 5) is 84.2. The van der Waals surface area contributed by atoms with Crippen LogP contribution in [0.25, 0.3) is 0 Å². The van der Waals surface area contributed by atoms with E-state index in [1.54, 1.807) is 13.8 Å². The highest BCUT2D eigenvalue weighted by Crippen LogP contribution is 2.13. The molecule has 0 saturated carbocycles. The third-order valence-corrected chi connectivity index (χ3v) is 6.30. The number of amides is 4. The lowest BCUT2D eigenvalue weighted by Gasteiger charge is -2.26. The van der Waals surface area contributed by atoms with Gasteiger partial charge in [0.25, 0.3) is 0 Å². The van der Waals surface area contributed by atoms with E-state index in [9.17, 15) is 43.8 Å². The highest BCUT2D eigenvalue weighted by atomic mass is 16.4. The number of benzene rings is 1. The van der Waals surface area contributed by atoms with Gasteiger partial charge >= 0.3 is 17.9 Å². The minimum atomic E-state index is -1.52. The second-order valence-corrected chi connectivity index (χ2v) is 9.40. The molecule has 226 valence electrons. The number of carbonyl (C=O) groups excluding carboxylic acids is 4. The molecule has 0 aliphatic carbocycles. The molecule has 0 unspecified atom stereocenters. The monoisotopic (exact) mass is 580 g/mol. The van der Waals surface area contributed by atoms with Gasteiger partial charge in [0.05, 0.1) is 0 Å². The van der Waals surface area contributed by atoms with Crippen LogP contribution in [0.2, 0.25) is 0 Å². The van der Waals surface area contributed by atoms with E-state index in [1.165, 1.54) is 24.3 Å². The number of phenols is 1. The SMILES string of the molecule is CC[C@H](C)[C@H](NC(=O)[C@H](CCC(=O)O)NC(=O)[C@H](CCC(=O)O)NC(=O)[C@H](Cc1ccc(O)cc1)NC=O)C(=O)O. The van der Waals surface area contributed by atoms with Gasteiger partial charge in [-0.15, -0.1) is 0 Å². The van der Waals surface area contributed by atoms with Crippen LogP contribution in [0.1, 0.15) is 51.5 Å². The molecule has 15 heteroatoms. The van der Waals surface area contributed by atoms with Crippen LogP contribution in [0, 0.1) is 5.92 Å². The van der Waals surface area contributed by atoms with Crippen molar-refractivity contribution in [2.24, 2.45) is 5.92 Å². The summed E-state index contributed by atoms with van der Waals surface area (Å²) in [5.74, 6) is -7.27. The number of hydrogen-bond acceptors (Lipinski definition) is 8. The van der Waals surface area contributed by atoms with E-state index in [-0.39, 0.29) is 18.6 Å². The van der Waals surface area contributed by atoms with Crippen LogP contribution in [0.4, 0.5) is 0 Å². The van der Waals surface area contributed by atoms with Crippen LogP contribution in [-0.4, -0.2) is 86.6 Å². The van der Waals surface area contributed by atoms with Crippen LogP contribution >= 0.6 is 0 Å². The third kappa shape index (κ3) is 12.4. The highest BCUT2D eigenvalue weighted by molar-refractivity contribution is 5.94. The van der Waals surface area contributed by atoms with Crippen LogP contribution < -0.4 is 21.3 Å². The average molecular weight is 581 g/mol.